The number of thioether (sulfide) groups is 1. The van der Waals surface area contributed by atoms with Gasteiger partial charge in [-0.15, -0.1) is 11.8 Å². The lowest BCUT2D eigenvalue weighted by atomic mass is 10.3. The Morgan fingerprint density at radius 1 is 1.32 bits per heavy atom. The van der Waals surface area contributed by atoms with E-state index >= 15 is 0 Å². The normalized spacial score (nSPS) is 13.9. The molecule has 1 rings (SSSR count). The van der Waals surface area contributed by atoms with Crippen molar-refractivity contribution in [2.24, 2.45) is 0 Å². The summed E-state index contributed by atoms with van der Waals surface area (Å²) in [5, 5.41) is 10.8. The van der Waals surface area contributed by atoms with E-state index in [0.717, 1.165) is 11.8 Å². The molecule has 1 aromatic carbocycles. The lowest BCUT2D eigenvalue weighted by Gasteiger charge is -2.16. The fourth-order valence-electron chi connectivity index (χ4n) is 2.04. The van der Waals surface area contributed by atoms with E-state index in [0.29, 0.717) is 11.3 Å². The molecule has 0 aliphatic rings. The smallest absolute Gasteiger partial charge is 0.334 e. The topological polar surface area (TPSA) is 110 Å². The first kappa shape index (κ1) is 21.5. The van der Waals surface area contributed by atoms with Gasteiger partial charge in [0.1, 0.15) is 0 Å². The Morgan fingerprint density at radius 2 is 1.96 bits per heavy atom. The molecule has 0 aliphatic carbocycles. The molecule has 140 valence electrons. The first-order chi connectivity index (χ1) is 11.7. The van der Waals surface area contributed by atoms with Gasteiger partial charge in [0.2, 0.25) is 5.91 Å². The molecular formula is C16H23NO6S2. The summed E-state index contributed by atoms with van der Waals surface area (Å²) < 4.78 is 29.4. The van der Waals surface area contributed by atoms with E-state index in [1.54, 1.807) is 32.0 Å². The lowest BCUT2D eigenvalue weighted by molar-refractivity contribution is -0.148. The van der Waals surface area contributed by atoms with Crippen LogP contribution in [0.25, 0.3) is 0 Å². The van der Waals surface area contributed by atoms with Gasteiger partial charge in [-0.2, -0.15) is 0 Å². The Morgan fingerprint density at radius 3 is 2.52 bits per heavy atom. The quantitative estimate of drug-likeness (QED) is 0.584. The third-order valence-corrected chi connectivity index (χ3v) is 6.63. The van der Waals surface area contributed by atoms with Gasteiger partial charge in [-0.3, -0.25) is 4.79 Å². The van der Waals surface area contributed by atoms with Crippen LogP contribution >= 0.6 is 11.8 Å². The summed E-state index contributed by atoms with van der Waals surface area (Å²) in [4.78, 5) is 23.7. The highest BCUT2D eigenvalue weighted by molar-refractivity contribution is 8.01. The molecule has 0 heterocycles. The maximum Gasteiger partial charge on any atom is 0.334 e. The molecule has 25 heavy (non-hydrogen) atoms. The van der Waals surface area contributed by atoms with E-state index in [2.05, 4.69) is 5.32 Å². The Labute approximate surface area is 152 Å². The summed E-state index contributed by atoms with van der Waals surface area (Å²) in [6.45, 7) is 3.26. The second kappa shape index (κ2) is 9.79. The maximum atomic E-state index is 12.3. The van der Waals surface area contributed by atoms with Crippen molar-refractivity contribution in [2.75, 3.05) is 19.4 Å². The van der Waals surface area contributed by atoms with E-state index in [9.17, 15) is 18.0 Å². The van der Waals surface area contributed by atoms with Gasteiger partial charge in [0.25, 0.3) is 0 Å². The average Bonchev–Trinajstić information content (AvgIpc) is 2.55. The van der Waals surface area contributed by atoms with Crippen LogP contribution in [0, 0.1) is 0 Å². The lowest BCUT2D eigenvalue weighted by Crippen LogP contribution is -2.40. The number of amides is 1. The summed E-state index contributed by atoms with van der Waals surface area (Å²) in [6.07, 6.45) is -0.622. The molecule has 0 spiro atoms. The molecule has 0 fully saturated rings. The van der Waals surface area contributed by atoms with Crippen molar-refractivity contribution < 1.29 is 27.9 Å². The molecule has 7 nitrogen and oxygen atoms in total. The molecule has 2 unspecified atom stereocenters. The van der Waals surface area contributed by atoms with Crippen LogP contribution in [0.2, 0.25) is 0 Å². The van der Waals surface area contributed by atoms with Crippen LogP contribution in [-0.2, 0) is 24.2 Å². The third-order valence-electron chi connectivity index (χ3n) is 3.35. The first-order valence-corrected chi connectivity index (χ1v) is 10.3. The molecule has 0 aliphatic heterocycles. The van der Waals surface area contributed by atoms with Crippen LogP contribution in [-0.4, -0.2) is 56.2 Å². The van der Waals surface area contributed by atoms with E-state index in [1.807, 2.05) is 0 Å². The summed E-state index contributed by atoms with van der Waals surface area (Å²) in [5.41, 5.74) is 0. The highest BCUT2D eigenvalue weighted by atomic mass is 32.2. The fraction of sp³-hybridized carbons (Fsp3) is 0.500. The van der Waals surface area contributed by atoms with E-state index in [-0.39, 0.29) is 17.2 Å². The minimum Gasteiger partial charge on any atom is -0.479 e. The minimum atomic E-state index is -3.40. The Balaban J connectivity index is 2.82. The van der Waals surface area contributed by atoms with Gasteiger partial charge in [-0.05, 0) is 25.5 Å². The van der Waals surface area contributed by atoms with Gasteiger partial charge in [-0.1, -0.05) is 19.1 Å². The predicted octanol–water partition coefficient (Wildman–Crippen LogP) is 1.57. The third kappa shape index (κ3) is 6.33. The molecule has 0 saturated carbocycles. The SMILES string of the molecule is CCCS(=O)(=O)c1ccccc1SC(C)C(=O)NCC(OC)C(=O)O. The van der Waals surface area contributed by atoms with Gasteiger partial charge in [0.15, 0.2) is 15.9 Å². The number of sulfone groups is 1. The standard InChI is InChI=1S/C16H23NO6S2/c1-4-9-25(21,22)14-8-6-5-7-13(14)24-11(2)15(18)17-10-12(23-3)16(19)20/h5-8,11-12H,4,9-10H2,1-3H3,(H,17,18)(H,19,20). The molecular weight excluding hydrogens is 366 g/mol. The number of benzene rings is 1. The molecule has 0 radical (unpaired) electrons. The largest absolute Gasteiger partial charge is 0.479 e. The van der Waals surface area contributed by atoms with Crippen LogP contribution in [0.15, 0.2) is 34.1 Å². The number of rotatable bonds is 10. The number of nitrogens with one attached hydrogen (secondary N) is 1. The van der Waals surface area contributed by atoms with Crippen LogP contribution in [0.1, 0.15) is 20.3 Å². The number of aliphatic carboxylic acids is 1. The number of ether oxygens (including phenoxy) is 1. The number of carbonyl (C=O) groups is 2. The molecule has 0 bridgehead atoms. The molecule has 1 amide bonds. The molecule has 0 aromatic heterocycles. The van der Waals surface area contributed by atoms with Crippen molar-refractivity contribution in [3.05, 3.63) is 24.3 Å². The summed E-state index contributed by atoms with van der Waals surface area (Å²) in [6, 6.07) is 6.55. The number of methoxy groups -OCH3 is 1. The molecule has 1 aromatic rings. The second-order valence-electron chi connectivity index (χ2n) is 5.33. The zero-order valence-electron chi connectivity index (χ0n) is 14.4. The number of carbonyl (C=O) groups excluding carboxylic acids is 1. The fourth-order valence-corrected chi connectivity index (χ4v) is 4.89. The zero-order chi connectivity index (χ0) is 19.0. The number of carboxylic acids is 1. The highest BCUT2D eigenvalue weighted by Gasteiger charge is 2.23. The van der Waals surface area contributed by atoms with Crippen molar-refractivity contribution in [2.45, 2.75) is 41.4 Å². The maximum absolute atomic E-state index is 12.3. The second-order valence-corrected chi connectivity index (χ2v) is 8.79. The summed E-state index contributed by atoms with van der Waals surface area (Å²) >= 11 is 1.12. The average molecular weight is 389 g/mol. The number of hydrogen-bond acceptors (Lipinski definition) is 6. The Bertz CT molecular complexity index is 704. The highest BCUT2D eigenvalue weighted by Crippen LogP contribution is 2.30. The number of hydrogen-bond donors (Lipinski definition) is 2. The summed E-state index contributed by atoms with van der Waals surface area (Å²) in [5.74, 6) is -1.52. The molecule has 0 saturated heterocycles. The van der Waals surface area contributed by atoms with Crippen molar-refractivity contribution in [1.82, 2.24) is 5.32 Å². The number of carboxylic acid groups (broad SMARTS) is 1. The van der Waals surface area contributed by atoms with Gasteiger partial charge < -0.3 is 15.2 Å². The van der Waals surface area contributed by atoms with Crippen molar-refractivity contribution in [3.8, 4) is 0 Å². The molecule has 2 N–H and O–H groups in total. The van der Waals surface area contributed by atoms with Crippen LogP contribution in [0.4, 0.5) is 0 Å². The monoisotopic (exact) mass is 389 g/mol. The first-order valence-electron chi connectivity index (χ1n) is 7.74. The van der Waals surface area contributed by atoms with Crippen LogP contribution in [0.5, 0.6) is 0 Å². The van der Waals surface area contributed by atoms with Crippen LogP contribution < -0.4 is 5.32 Å². The predicted molar refractivity (Wildman–Crippen MR) is 95.5 cm³/mol. The van der Waals surface area contributed by atoms with Crippen molar-refractivity contribution >= 4 is 33.5 Å². The van der Waals surface area contributed by atoms with E-state index in [4.69, 9.17) is 9.84 Å². The van der Waals surface area contributed by atoms with Gasteiger partial charge in [0.05, 0.1) is 22.4 Å². The van der Waals surface area contributed by atoms with Gasteiger partial charge >= 0.3 is 5.97 Å². The van der Waals surface area contributed by atoms with Crippen molar-refractivity contribution in [1.29, 1.82) is 0 Å². The van der Waals surface area contributed by atoms with Gasteiger partial charge in [0, 0.05) is 12.0 Å². The Hall–Kier alpha value is -1.58. The van der Waals surface area contributed by atoms with Gasteiger partial charge in [-0.25, -0.2) is 13.2 Å². The summed E-state index contributed by atoms with van der Waals surface area (Å²) in [7, 11) is -2.16. The molecule has 2 atom stereocenters. The van der Waals surface area contributed by atoms with E-state index in [1.165, 1.54) is 13.2 Å². The Kier molecular flexibility index (Phi) is 8.40. The van der Waals surface area contributed by atoms with E-state index < -0.39 is 33.1 Å². The zero-order valence-corrected chi connectivity index (χ0v) is 16.0. The minimum absolute atomic E-state index is 0.0410. The molecule has 9 heteroatoms. The van der Waals surface area contributed by atoms with Crippen molar-refractivity contribution in [3.63, 3.8) is 0 Å². The van der Waals surface area contributed by atoms with Crippen LogP contribution in [0.3, 0.4) is 0 Å².